The summed E-state index contributed by atoms with van der Waals surface area (Å²) in [5.74, 6) is 0.922. The molecular weight excluding hydrogens is 522 g/mol. The van der Waals surface area contributed by atoms with Gasteiger partial charge in [0.25, 0.3) is 0 Å². The van der Waals surface area contributed by atoms with Crippen LogP contribution in [0.15, 0.2) is 23.2 Å². The number of hydrogen-bond donors (Lipinski definition) is 2. The average molecular weight is 563 g/mol. The van der Waals surface area contributed by atoms with E-state index in [0.717, 1.165) is 76.7 Å². The molecule has 1 unspecified atom stereocenters. The normalized spacial score (nSPS) is 21.8. The molecule has 0 saturated carbocycles. The fourth-order valence-corrected chi connectivity index (χ4v) is 4.31. The van der Waals surface area contributed by atoms with Crippen molar-refractivity contribution in [3.8, 4) is 5.75 Å². The molecule has 0 aromatic heterocycles. The number of likely N-dealkylation sites (tertiary alicyclic amines) is 1. The first-order valence-corrected chi connectivity index (χ1v) is 11.5. The van der Waals surface area contributed by atoms with Crippen LogP contribution in [-0.2, 0) is 6.54 Å². The van der Waals surface area contributed by atoms with Crippen LogP contribution in [0, 0.1) is 5.82 Å². The van der Waals surface area contributed by atoms with Crippen molar-refractivity contribution in [2.45, 2.75) is 38.4 Å². The fourth-order valence-electron chi connectivity index (χ4n) is 4.31. The van der Waals surface area contributed by atoms with E-state index in [9.17, 15) is 4.39 Å². The Hall–Kier alpha value is -1.17. The topological polar surface area (TPSA) is 55.4 Å². The summed E-state index contributed by atoms with van der Waals surface area (Å²) in [6.45, 7) is 9.78. The predicted molar refractivity (Wildman–Crippen MR) is 140 cm³/mol. The highest BCUT2D eigenvalue weighted by molar-refractivity contribution is 14.0. The number of piperazine rings is 1. The Morgan fingerprint density at radius 2 is 1.94 bits per heavy atom. The van der Waals surface area contributed by atoms with E-state index < -0.39 is 0 Å². The second kappa shape index (κ2) is 13.5. The highest BCUT2D eigenvalue weighted by Gasteiger charge is 2.23. The Labute approximate surface area is 209 Å². The van der Waals surface area contributed by atoms with E-state index >= 15 is 0 Å². The van der Waals surface area contributed by atoms with Gasteiger partial charge in [0.1, 0.15) is 0 Å². The summed E-state index contributed by atoms with van der Waals surface area (Å²) >= 11 is 0. The first-order valence-electron chi connectivity index (χ1n) is 11.5. The number of methoxy groups -OCH3 is 1. The molecule has 0 radical (unpaired) electrons. The minimum atomic E-state index is -0.294. The van der Waals surface area contributed by atoms with Crippen molar-refractivity contribution in [3.63, 3.8) is 0 Å². The summed E-state index contributed by atoms with van der Waals surface area (Å²) in [5.41, 5.74) is 0.987. The van der Waals surface area contributed by atoms with Crippen LogP contribution in [0.3, 0.4) is 0 Å². The average Bonchev–Trinajstić information content (AvgIpc) is 2.76. The van der Waals surface area contributed by atoms with E-state index in [0.29, 0.717) is 17.8 Å². The van der Waals surface area contributed by atoms with E-state index in [4.69, 9.17) is 9.73 Å². The van der Waals surface area contributed by atoms with Crippen LogP contribution in [0.4, 0.5) is 4.39 Å². The molecule has 2 aliphatic heterocycles. The van der Waals surface area contributed by atoms with Crippen LogP contribution in [0.1, 0.15) is 25.3 Å². The number of halogens is 2. The zero-order valence-corrected chi connectivity index (χ0v) is 22.3. The number of hydrogen-bond acceptors (Lipinski definition) is 5. The number of rotatable bonds is 7. The number of nitrogens with one attached hydrogen (secondary N) is 2. The lowest BCUT2D eigenvalue weighted by Gasteiger charge is -2.37. The van der Waals surface area contributed by atoms with Gasteiger partial charge in [-0.1, -0.05) is 6.07 Å². The van der Waals surface area contributed by atoms with Crippen LogP contribution in [0.25, 0.3) is 0 Å². The maximum atomic E-state index is 14.0. The maximum Gasteiger partial charge on any atom is 0.191 e. The third kappa shape index (κ3) is 8.00. The van der Waals surface area contributed by atoms with Gasteiger partial charge in [-0.05, 0) is 51.6 Å². The van der Waals surface area contributed by atoms with Crippen molar-refractivity contribution in [1.82, 2.24) is 25.3 Å². The molecule has 1 aromatic rings. The van der Waals surface area contributed by atoms with Gasteiger partial charge in [0.05, 0.1) is 13.7 Å². The minimum Gasteiger partial charge on any atom is -0.494 e. The molecule has 3 rings (SSSR count). The second-order valence-corrected chi connectivity index (χ2v) is 8.78. The number of aliphatic imine (C=N–C) groups is 1. The van der Waals surface area contributed by atoms with Crippen LogP contribution < -0.4 is 15.4 Å². The molecular formula is C23H40FIN6O. The quantitative estimate of drug-likeness (QED) is 0.302. The van der Waals surface area contributed by atoms with Gasteiger partial charge >= 0.3 is 0 Å². The Balaban J connectivity index is 0.00000363. The van der Waals surface area contributed by atoms with Gasteiger partial charge in [-0.2, -0.15) is 0 Å². The molecule has 7 nitrogen and oxygen atoms in total. The lowest BCUT2D eigenvalue weighted by atomic mass is 10.0. The lowest BCUT2D eigenvalue weighted by molar-refractivity contribution is 0.119. The molecule has 2 heterocycles. The zero-order chi connectivity index (χ0) is 22.2. The van der Waals surface area contributed by atoms with Crippen molar-refractivity contribution in [3.05, 3.63) is 29.6 Å². The first-order chi connectivity index (χ1) is 15.0. The van der Waals surface area contributed by atoms with Crippen molar-refractivity contribution in [1.29, 1.82) is 0 Å². The molecule has 1 aromatic carbocycles. The largest absolute Gasteiger partial charge is 0.494 e. The second-order valence-electron chi connectivity index (χ2n) is 8.78. The highest BCUT2D eigenvalue weighted by atomic mass is 127. The molecule has 0 bridgehead atoms. The number of ether oxygens (including phenoxy) is 1. The first kappa shape index (κ1) is 27.1. The summed E-state index contributed by atoms with van der Waals surface area (Å²) in [5, 5.41) is 7.04. The van der Waals surface area contributed by atoms with Gasteiger partial charge in [0.15, 0.2) is 17.5 Å². The number of benzene rings is 1. The van der Waals surface area contributed by atoms with Gasteiger partial charge in [-0.15, -0.1) is 24.0 Å². The fraction of sp³-hybridized carbons (Fsp3) is 0.696. The van der Waals surface area contributed by atoms with Crippen LogP contribution in [0.5, 0.6) is 5.75 Å². The van der Waals surface area contributed by atoms with Gasteiger partial charge in [-0.25, -0.2) is 4.39 Å². The van der Waals surface area contributed by atoms with E-state index in [1.54, 1.807) is 12.1 Å². The van der Waals surface area contributed by atoms with E-state index in [1.807, 2.05) is 6.07 Å². The summed E-state index contributed by atoms with van der Waals surface area (Å²) in [6, 6.07) is 6.11. The molecule has 32 heavy (non-hydrogen) atoms. The van der Waals surface area contributed by atoms with Crippen molar-refractivity contribution >= 4 is 29.9 Å². The summed E-state index contributed by atoms with van der Waals surface area (Å²) in [4.78, 5) is 12.1. The minimum absolute atomic E-state index is 0. The Morgan fingerprint density at radius 1 is 1.19 bits per heavy atom. The third-order valence-corrected chi connectivity index (χ3v) is 6.34. The SMILES string of the molecule is CCNC(=NCC1CN(C)CCN1C)NC1CCN(Cc2ccc(OC)c(F)c2)CC1.I. The number of piperidine rings is 1. The summed E-state index contributed by atoms with van der Waals surface area (Å²) in [7, 11) is 5.87. The Kier molecular flexibility index (Phi) is 11.4. The number of nitrogens with zero attached hydrogens (tertiary/aromatic N) is 4. The van der Waals surface area contributed by atoms with Gasteiger partial charge < -0.3 is 20.3 Å². The predicted octanol–water partition coefficient (Wildman–Crippen LogP) is 2.22. The maximum absolute atomic E-state index is 14.0. The van der Waals surface area contributed by atoms with Crippen LogP contribution >= 0.6 is 24.0 Å². The molecule has 0 amide bonds. The van der Waals surface area contributed by atoms with E-state index in [1.165, 1.54) is 7.11 Å². The third-order valence-electron chi connectivity index (χ3n) is 6.34. The number of guanidine groups is 1. The molecule has 182 valence electrons. The highest BCUT2D eigenvalue weighted by Crippen LogP contribution is 2.20. The van der Waals surface area contributed by atoms with Crippen LogP contribution in [-0.4, -0.2) is 99.8 Å². The van der Waals surface area contributed by atoms with Gasteiger partial charge in [0, 0.05) is 57.9 Å². The Morgan fingerprint density at radius 3 is 2.59 bits per heavy atom. The Bertz CT molecular complexity index is 728. The monoisotopic (exact) mass is 562 g/mol. The molecule has 9 heteroatoms. The molecule has 2 saturated heterocycles. The lowest BCUT2D eigenvalue weighted by Crippen LogP contribution is -2.52. The smallest absolute Gasteiger partial charge is 0.191 e. The van der Waals surface area contributed by atoms with Crippen molar-refractivity contribution in [2.24, 2.45) is 4.99 Å². The standard InChI is InChI=1S/C23H39FN6O.HI/c1-5-25-23(26-15-20-17-28(2)12-13-29(20)3)27-19-8-10-30(11-9-19)16-18-6-7-22(31-4)21(24)14-18;/h6-7,14,19-20H,5,8-13,15-17H2,1-4H3,(H2,25,26,27);1H. The summed E-state index contributed by atoms with van der Waals surface area (Å²) < 4.78 is 19.0. The molecule has 2 aliphatic rings. The van der Waals surface area contributed by atoms with Gasteiger partial charge in [0.2, 0.25) is 0 Å². The molecule has 0 aliphatic carbocycles. The van der Waals surface area contributed by atoms with Gasteiger partial charge in [-0.3, -0.25) is 14.8 Å². The van der Waals surface area contributed by atoms with E-state index in [2.05, 4.69) is 46.4 Å². The van der Waals surface area contributed by atoms with Crippen LogP contribution in [0.2, 0.25) is 0 Å². The molecule has 1 atom stereocenters. The molecule has 2 N–H and O–H groups in total. The summed E-state index contributed by atoms with van der Waals surface area (Å²) in [6.07, 6.45) is 2.10. The zero-order valence-electron chi connectivity index (χ0n) is 19.9. The molecule has 2 fully saturated rings. The molecule has 0 spiro atoms. The van der Waals surface area contributed by atoms with Crippen molar-refractivity contribution in [2.75, 3.05) is 67.0 Å². The van der Waals surface area contributed by atoms with E-state index in [-0.39, 0.29) is 29.8 Å². The van der Waals surface area contributed by atoms with Crippen molar-refractivity contribution < 1.29 is 9.13 Å². The number of likely N-dealkylation sites (N-methyl/N-ethyl adjacent to an activating group) is 2.